The molecule has 0 radical (unpaired) electrons. The highest BCUT2D eigenvalue weighted by Gasteiger charge is 2.24. The van der Waals surface area contributed by atoms with Crippen LogP contribution in [0.1, 0.15) is 49.8 Å². The van der Waals surface area contributed by atoms with Crippen LogP contribution in [0.2, 0.25) is 0 Å². The first-order chi connectivity index (χ1) is 7.63. The van der Waals surface area contributed by atoms with Crippen molar-refractivity contribution in [1.82, 2.24) is 4.98 Å². The van der Waals surface area contributed by atoms with Crippen molar-refractivity contribution in [3.8, 4) is 0 Å². The molecule has 1 aromatic heterocycles. The largest absolute Gasteiger partial charge is 0.388 e. The van der Waals surface area contributed by atoms with E-state index in [1.54, 1.807) is 11.3 Å². The lowest BCUT2D eigenvalue weighted by Gasteiger charge is -2.22. The molecule has 1 heterocycles. The Morgan fingerprint density at radius 3 is 3.00 bits per heavy atom. The molecule has 1 N–H and O–H groups in total. The Morgan fingerprint density at radius 2 is 2.38 bits per heavy atom. The number of aliphatic hydroxyl groups excluding tert-OH is 1. The second kappa shape index (κ2) is 4.72. The van der Waals surface area contributed by atoms with E-state index in [0.717, 1.165) is 41.4 Å². The maximum absolute atomic E-state index is 9.90. The number of rotatable bonds is 3. The predicted molar refractivity (Wildman–Crippen MR) is 68.2 cm³/mol. The highest BCUT2D eigenvalue weighted by molar-refractivity contribution is 7.15. The van der Waals surface area contributed by atoms with Crippen LogP contribution in [0.25, 0.3) is 0 Å². The van der Waals surface area contributed by atoms with Gasteiger partial charge in [-0.25, -0.2) is 4.98 Å². The van der Waals surface area contributed by atoms with Gasteiger partial charge in [-0.1, -0.05) is 18.3 Å². The average Bonchev–Trinajstić information content (AvgIpc) is 2.72. The standard InChI is InChI=1S/C12H20N2OS/c1-4-8(2)14(3)12-13-9-6-5-7-10(15)11(9)16-12/h8,10,15H,4-7H2,1-3H3. The zero-order valence-corrected chi connectivity index (χ0v) is 11.0. The first-order valence-corrected chi connectivity index (χ1v) is 6.85. The van der Waals surface area contributed by atoms with Gasteiger partial charge in [0.05, 0.1) is 16.7 Å². The summed E-state index contributed by atoms with van der Waals surface area (Å²) in [6.45, 7) is 4.39. The van der Waals surface area contributed by atoms with Gasteiger partial charge in [-0.05, 0) is 32.6 Å². The Balaban J connectivity index is 2.24. The third-order valence-electron chi connectivity index (χ3n) is 3.46. The van der Waals surface area contributed by atoms with Gasteiger partial charge in [0.2, 0.25) is 0 Å². The molecule has 0 saturated carbocycles. The van der Waals surface area contributed by atoms with Crippen LogP contribution >= 0.6 is 11.3 Å². The molecule has 2 unspecified atom stereocenters. The molecule has 0 aliphatic heterocycles. The lowest BCUT2D eigenvalue weighted by molar-refractivity contribution is 0.160. The van der Waals surface area contributed by atoms with Gasteiger partial charge in [-0.3, -0.25) is 0 Å². The Morgan fingerprint density at radius 1 is 1.62 bits per heavy atom. The summed E-state index contributed by atoms with van der Waals surface area (Å²) >= 11 is 1.66. The topological polar surface area (TPSA) is 36.4 Å². The molecule has 1 aromatic rings. The SMILES string of the molecule is CCC(C)N(C)c1nc2c(s1)C(O)CCC2. The van der Waals surface area contributed by atoms with Crippen molar-refractivity contribution in [3.63, 3.8) is 0 Å². The van der Waals surface area contributed by atoms with Gasteiger partial charge >= 0.3 is 0 Å². The van der Waals surface area contributed by atoms with Crippen LogP contribution in [-0.2, 0) is 6.42 Å². The van der Waals surface area contributed by atoms with E-state index < -0.39 is 0 Å². The van der Waals surface area contributed by atoms with E-state index in [-0.39, 0.29) is 6.10 Å². The third-order valence-corrected chi connectivity index (χ3v) is 4.75. The number of nitrogens with zero attached hydrogens (tertiary/aromatic N) is 2. The third kappa shape index (κ3) is 2.09. The van der Waals surface area contributed by atoms with Crippen molar-refractivity contribution in [3.05, 3.63) is 10.6 Å². The van der Waals surface area contributed by atoms with E-state index in [2.05, 4.69) is 30.8 Å². The number of anilines is 1. The molecule has 1 aliphatic rings. The molecule has 0 aromatic carbocycles. The molecule has 4 heteroatoms. The average molecular weight is 240 g/mol. The quantitative estimate of drug-likeness (QED) is 0.882. The zero-order valence-electron chi connectivity index (χ0n) is 10.2. The molecule has 3 nitrogen and oxygen atoms in total. The number of aromatic nitrogens is 1. The molecular formula is C12H20N2OS. The number of thiazole rings is 1. The minimum atomic E-state index is -0.277. The van der Waals surface area contributed by atoms with Crippen LogP contribution in [0.15, 0.2) is 0 Å². The Kier molecular flexibility index (Phi) is 3.50. The lowest BCUT2D eigenvalue weighted by Crippen LogP contribution is -2.27. The monoisotopic (exact) mass is 240 g/mol. The van der Waals surface area contributed by atoms with Crippen molar-refractivity contribution < 1.29 is 5.11 Å². The van der Waals surface area contributed by atoms with Gasteiger partial charge in [-0.2, -0.15) is 0 Å². The fraction of sp³-hybridized carbons (Fsp3) is 0.750. The minimum absolute atomic E-state index is 0.277. The molecular weight excluding hydrogens is 220 g/mol. The Hall–Kier alpha value is -0.610. The van der Waals surface area contributed by atoms with Crippen LogP contribution in [-0.4, -0.2) is 23.2 Å². The fourth-order valence-corrected chi connectivity index (χ4v) is 3.19. The highest BCUT2D eigenvalue weighted by atomic mass is 32.1. The van der Waals surface area contributed by atoms with E-state index in [0.29, 0.717) is 6.04 Å². The Labute approximate surface area is 101 Å². The summed E-state index contributed by atoms with van der Waals surface area (Å²) in [6.07, 6.45) is 3.81. The summed E-state index contributed by atoms with van der Waals surface area (Å²) in [5.41, 5.74) is 1.12. The summed E-state index contributed by atoms with van der Waals surface area (Å²) in [7, 11) is 2.09. The first-order valence-electron chi connectivity index (χ1n) is 6.04. The molecule has 90 valence electrons. The lowest BCUT2D eigenvalue weighted by atomic mass is 10.0. The van der Waals surface area contributed by atoms with E-state index in [1.165, 1.54) is 0 Å². The van der Waals surface area contributed by atoms with Crippen molar-refractivity contribution >= 4 is 16.5 Å². The Bertz CT molecular complexity index is 364. The first kappa shape index (κ1) is 11.9. The normalized spacial score (nSPS) is 21.6. The number of aryl methyl sites for hydroxylation is 1. The van der Waals surface area contributed by atoms with Crippen LogP contribution in [0, 0.1) is 0 Å². The van der Waals surface area contributed by atoms with Gasteiger partial charge in [0, 0.05) is 13.1 Å². The molecule has 1 aliphatic carbocycles. The minimum Gasteiger partial charge on any atom is -0.388 e. The smallest absolute Gasteiger partial charge is 0.185 e. The van der Waals surface area contributed by atoms with E-state index >= 15 is 0 Å². The number of aliphatic hydroxyl groups is 1. The van der Waals surface area contributed by atoms with Crippen LogP contribution in [0.3, 0.4) is 0 Å². The fourth-order valence-electron chi connectivity index (χ4n) is 2.00. The summed E-state index contributed by atoms with van der Waals surface area (Å²) in [5.74, 6) is 0. The number of hydrogen-bond acceptors (Lipinski definition) is 4. The van der Waals surface area contributed by atoms with Crippen molar-refractivity contribution in [2.45, 2.75) is 51.7 Å². The maximum Gasteiger partial charge on any atom is 0.185 e. The summed E-state index contributed by atoms with van der Waals surface area (Å²) in [6, 6.07) is 0.504. The van der Waals surface area contributed by atoms with Crippen molar-refractivity contribution in [2.75, 3.05) is 11.9 Å². The van der Waals surface area contributed by atoms with Gasteiger partial charge in [0.1, 0.15) is 0 Å². The van der Waals surface area contributed by atoms with Crippen LogP contribution in [0.4, 0.5) is 5.13 Å². The van der Waals surface area contributed by atoms with Gasteiger partial charge in [-0.15, -0.1) is 0 Å². The second-order valence-electron chi connectivity index (χ2n) is 4.58. The molecule has 0 fully saturated rings. The van der Waals surface area contributed by atoms with Crippen molar-refractivity contribution in [1.29, 1.82) is 0 Å². The summed E-state index contributed by atoms with van der Waals surface area (Å²) < 4.78 is 0. The maximum atomic E-state index is 9.90. The number of hydrogen-bond donors (Lipinski definition) is 1. The highest BCUT2D eigenvalue weighted by Crippen LogP contribution is 2.37. The van der Waals surface area contributed by atoms with Crippen LogP contribution < -0.4 is 4.90 Å². The molecule has 0 saturated heterocycles. The summed E-state index contributed by atoms with van der Waals surface area (Å²) in [5, 5.41) is 11.0. The molecule has 16 heavy (non-hydrogen) atoms. The van der Waals surface area contributed by atoms with Gasteiger partial charge in [0.25, 0.3) is 0 Å². The summed E-state index contributed by atoms with van der Waals surface area (Å²) in [4.78, 5) is 7.97. The van der Waals surface area contributed by atoms with E-state index in [9.17, 15) is 5.11 Å². The molecule has 0 bridgehead atoms. The van der Waals surface area contributed by atoms with E-state index in [4.69, 9.17) is 0 Å². The zero-order chi connectivity index (χ0) is 11.7. The second-order valence-corrected chi connectivity index (χ2v) is 5.59. The van der Waals surface area contributed by atoms with E-state index in [1.807, 2.05) is 0 Å². The van der Waals surface area contributed by atoms with Gasteiger partial charge in [0.15, 0.2) is 5.13 Å². The number of fused-ring (bicyclic) bond motifs is 1. The predicted octanol–water partition coefficient (Wildman–Crippen LogP) is 2.75. The van der Waals surface area contributed by atoms with Crippen molar-refractivity contribution in [2.24, 2.45) is 0 Å². The van der Waals surface area contributed by atoms with Crippen LogP contribution in [0.5, 0.6) is 0 Å². The van der Waals surface area contributed by atoms with Gasteiger partial charge < -0.3 is 10.0 Å². The molecule has 0 amide bonds. The molecule has 2 atom stereocenters. The molecule has 2 rings (SSSR count). The molecule has 0 spiro atoms.